The Balaban J connectivity index is 1.56. The zero-order chi connectivity index (χ0) is 23.4. The number of hydrogen-bond acceptors (Lipinski definition) is 2. The molecular formula is C31H29ClO2. The second-order valence-electron chi connectivity index (χ2n) is 7.94. The first-order valence-electron chi connectivity index (χ1n) is 11.6. The lowest BCUT2D eigenvalue weighted by atomic mass is 9.88. The van der Waals surface area contributed by atoms with Crippen LogP contribution in [0.25, 0.3) is 11.1 Å². The Morgan fingerprint density at radius 1 is 0.618 bits per heavy atom. The molecule has 0 saturated carbocycles. The van der Waals surface area contributed by atoms with Crippen LogP contribution in [0.4, 0.5) is 0 Å². The Labute approximate surface area is 207 Å². The van der Waals surface area contributed by atoms with Gasteiger partial charge < -0.3 is 9.47 Å². The standard InChI is InChI=1S/C31H29ClO2/c32-20-19-30(26-13-6-2-7-14-26)31(27-15-8-3-9-16-27)28-17-10-18-29(23-28)34-22-21-33-24-25-11-4-1-5-12-25/h1-18,23H,19-22,24H2. The van der Waals surface area contributed by atoms with Gasteiger partial charge in [-0.3, -0.25) is 0 Å². The molecule has 4 aromatic rings. The summed E-state index contributed by atoms with van der Waals surface area (Å²) in [6.45, 7) is 1.61. The van der Waals surface area contributed by atoms with Gasteiger partial charge in [0.15, 0.2) is 0 Å². The van der Waals surface area contributed by atoms with Crippen molar-refractivity contribution in [1.29, 1.82) is 0 Å². The lowest BCUT2D eigenvalue weighted by molar-refractivity contribution is 0.0889. The molecule has 0 spiro atoms. The molecule has 0 atom stereocenters. The third-order valence-electron chi connectivity index (χ3n) is 5.56. The van der Waals surface area contributed by atoms with Crippen LogP contribution in [0.15, 0.2) is 115 Å². The van der Waals surface area contributed by atoms with Gasteiger partial charge >= 0.3 is 0 Å². The summed E-state index contributed by atoms with van der Waals surface area (Å²) in [7, 11) is 0. The van der Waals surface area contributed by atoms with Crippen molar-refractivity contribution in [3.8, 4) is 5.75 Å². The fourth-order valence-corrected chi connectivity index (χ4v) is 4.18. The van der Waals surface area contributed by atoms with Crippen LogP contribution in [0.1, 0.15) is 28.7 Å². The molecule has 0 heterocycles. The molecule has 0 N–H and O–H groups in total. The summed E-state index contributed by atoms with van der Waals surface area (Å²) in [5.74, 6) is 1.38. The highest BCUT2D eigenvalue weighted by Crippen LogP contribution is 2.35. The number of ether oxygens (including phenoxy) is 2. The molecule has 0 radical (unpaired) electrons. The summed E-state index contributed by atoms with van der Waals surface area (Å²) in [6.07, 6.45) is 0.772. The predicted octanol–water partition coefficient (Wildman–Crippen LogP) is 7.87. The number of rotatable bonds is 11. The Morgan fingerprint density at radius 3 is 1.91 bits per heavy atom. The molecule has 4 rings (SSSR count). The minimum absolute atomic E-state index is 0.494. The van der Waals surface area contributed by atoms with E-state index in [1.807, 2.05) is 42.5 Å². The first-order chi connectivity index (χ1) is 16.8. The van der Waals surface area contributed by atoms with E-state index in [0.29, 0.717) is 25.7 Å². The Bertz CT molecular complexity index is 1170. The number of alkyl halides is 1. The van der Waals surface area contributed by atoms with E-state index in [9.17, 15) is 0 Å². The summed E-state index contributed by atoms with van der Waals surface area (Å²) >= 11 is 6.27. The molecule has 0 amide bonds. The lowest BCUT2D eigenvalue weighted by Gasteiger charge is -2.18. The van der Waals surface area contributed by atoms with Crippen molar-refractivity contribution in [2.75, 3.05) is 19.1 Å². The average Bonchev–Trinajstić information content (AvgIpc) is 2.90. The van der Waals surface area contributed by atoms with Crippen LogP contribution in [0.2, 0.25) is 0 Å². The van der Waals surface area contributed by atoms with Gasteiger partial charge in [0.1, 0.15) is 12.4 Å². The van der Waals surface area contributed by atoms with E-state index < -0.39 is 0 Å². The monoisotopic (exact) mass is 468 g/mol. The molecule has 0 aromatic heterocycles. The number of halogens is 1. The van der Waals surface area contributed by atoms with Crippen LogP contribution in [0.5, 0.6) is 5.75 Å². The summed E-state index contributed by atoms with van der Waals surface area (Å²) < 4.78 is 11.8. The quantitative estimate of drug-likeness (QED) is 0.127. The molecule has 34 heavy (non-hydrogen) atoms. The highest BCUT2D eigenvalue weighted by Gasteiger charge is 2.14. The SMILES string of the molecule is ClCCC(=C(c1ccccc1)c1cccc(OCCOCc2ccccc2)c1)c1ccccc1. The van der Waals surface area contributed by atoms with Gasteiger partial charge in [0.05, 0.1) is 13.2 Å². The van der Waals surface area contributed by atoms with Crippen molar-refractivity contribution >= 4 is 22.7 Å². The van der Waals surface area contributed by atoms with E-state index in [-0.39, 0.29) is 0 Å². The van der Waals surface area contributed by atoms with Crippen LogP contribution < -0.4 is 4.74 Å². The minimum Gasteiger partial charge on any atom is -0.491 e. The number of hydrogen-bond donors (Lipinski definition) is 0. The Hall–Kier alpha value is -3.33. The third kappa shape index (κ3) is 6.60. The van der Waals surface area contributed by atoms with Crippen molar-refractivity contribution in [2.45, 2.75) is 13.0 Å². The van der Waals surface area contributed by atoms with Gasteiger partial charge in [-0.25, -0.2) is 0 Å². The van der Waals surface area contributed by atoms with Crippen LogP contribution in [0.3, 0.4) is 0 Å². The number of benzene rings is 4. The summed E-state index contributed by atoms with van der Waals surface area (Å²) in [4.78, 5) is 0. The fourth-order valence-electron chi connectivity index (χ4n) is 3.99. The fraction of sp³-hybridized carbons (Fsp3) is 0.161. The van der Waals surface area contributed by atoms with Gasteiger partial charge in [-0.2, -0.15) is 0 Å². The molecule has 4 aromatic carbocycles. The van der Waals surface area contributed by atoms with Crippen molar-refractivity contribution in [3.05, 3.63) is 138 Å². The first kappa shape index (κ1) is 23.8. The van der Waals surface area contributed by atoms with E-state index >= 15 is 0 Å². The molecule has 0 bridgehead atoms. The van der Waals surface area contributed by atoms with Crippen LogP contribution in [-0.2, 0) is 11.3 Å². The van der Waals surface area contributed by atoms with Gasteiger partial charge in [0.25, 0.3) is 0 Å². The van der Waals surface area contributed by atoms with Gasteiger partial charge in [0.2, 0.25) is 0 Å². The van der Waals surface area contributed by atoms with E-state index in [1.54, 1.807) is 0 Å². The predicted molar refractivity (Wildman–Crippen MR) is 142 cm³/mol. The number of allylic oxidation sites excluding steroid dienone is 1. The van der Waals surface area contributed by atoms with Crippen molar-refractivity contribution in [3.63, 3.8) is 0 Å². The van der Waals surface area contributed by atoms with E-state index in [4.69, 9.17) is 21.1 Å². The topological polar surface area (TPSA) is 18.5 Å². The Morgan fingerprint density at radius 2 is 1.24 bits per heavy atom. The molecule has 0 aliphatic rings. The zero-order valence-corrected chi connectivity index (χ0v) is 20.0. The summed E-state index contributed by atoms with van der Waals surface area (Å²) in [6, 6.07) is 39.4. The molecule has 172 valence electrons. The van der Waals surface area contributed by atoms with Gasteiger partial charge in [0, 0.05) is 5.88 Å². The second-order valence-corrected chi connectivity index (χ2v) is 8.32. The van der Waals surface area contributed by atoms with Crippen molar-refractivity contribution in [2.24, 2.45) is 0 Å². The average molecular weight is 469 g/mol. The van der Waals surface area contributed by atoms with E-state index in [2.05, 4.69) is 72.8 Å². The van der Waals surface area contributed by atoms with E-state index in [1.165, 1.54) is 16.7 Å². The molecular weight excluding hydrogens is 440 g/mol. The molecule has 2 nitrogen and oxygen atoms in total. The smallest absolute Gasteiger partial charge is 0.120 e. The molecule has 0 saturated heterocycles. The van der Waals surface area contributed by atoms with Crippen molar-refractivity contribution < 1.29 is 9.47 Å². The molecule has 0 unspecified atom stereocenters. The van der Waals surface area contributed by atoms with Crippen LogP contribution in [0, 0.1) is 0 Å². The minimum atomic E-state index is 0.494. The first-order valence-corrected chi connectivity index (χ1v) is 12.1. The van der Waals surface area contributed by atoms with Gasteiger partial charge in [-0.1, -0.05) is 103 Å². The highest BCUT2D eigenvalue weighted by molar-refractivity contribution is 6.18. The van der Waals surface area contributed by atoms with Crippen LogP contribution >= 0.6 is 11.6 Å². The van der Waals surface area contributed by atoms with E-state index in [0.717, 1.165) is 28.9 Å². The molecule has 0 aliphatic carbocycles. The maximum Gasteiger partial charge on any atom is 0.120 e. The Kier molecular flexibility index (Phi) is 8.96. The summed E-state index contributed by atoms with van der Waals surface area (Å²) in [5.41, 5.74) is 7.02. The molecule has 3 heteroatoms. The second kappa shape index (κ2) is 12.8. The normalized spacial score (nSPS) is 11.7. The van der Waals surface area contributed by atoms with Crippen LogP contribution in [-0.4, -0.2) is 19.1 Å². The molecule has 0 aliphatic heterocycles. The highest BCUT2D eigenvalue weighted by atomic mass is 35.5. The maximum absolute atomic E-state index is 6.27. The maximum atomic E-state index is 6.27. The van der Waals surface area contributed by atoms with Gasteiger partial charge in [-0.15, -0.1) is 11.6 Å². The van der Waals surface area contributed by atoms with Gasteiger partial charge in [-0.05, 0) is 52.0 Å². The molecule has 0 fully saturated rings. The van der Waals surface area contributed by atoms with Crippen molar-refractivity contribution in [1.82, 2.24) is 0 Å². The zero-order valence-electron chi connectivity index (χ0n) is 19.2. The lowest BCUT2D eigenvalue weighted by Crippen LogP contribution is -2.07. The third-order valence-corrected chi connectivity index (χ3v) is 5.75. The largest absolute Gasteiger partial charge is 0.491 e. The summed E-state index contributed by atoms with van der Waals surface area (Å²) in [5, 5.41) is 0.